The number of nitrogens with zero attached hydrogens (tertiary/aromatic N) is 1. The Morgan fingerprint density at radius 3 is 2.53 bits per heavy atom. The highest BCUT2D eigenvalue weighted by Gasteiger charge is 2.40. The number of benzene rings is 1. The molecule has 0 spiro atoms. The van der Waals surface area contributed by atoms with E-state index in [1.54, 1.807) is 0 Å². The van der Waals surface area contributed by atoms with Gasteiger partial charge in [0.05, 0.1) is 11.6 Å². The molecule has 1 atom stereocenters. The maximum Gasteiger partial charge on any atom is 0.0797 e. The summed E-state index contributed by atoms with van der Waals surface area (Å²) in [5.74, 6) is 0. The summed E-state index contributed by atoms with van der Waals surface area (Å²) in [4.78, 5) is 2.36. The van der Waals surface area contributed by atoms with Crippen LogP contribution < -0.4 is 4.90 Å². The first-order valence-corrected chi connectivity index (χ1v) is 6.41. The number of hydrogen-bond donors (Lipinski definition) is 1. The van der Waals surface area contributed by atoms with Crippen molar-refractivity contribution in [2.24, 2.45) is 0 Å². The zero-order chi connectivity index (χ0) is 12.8. The molecule has 1 aromatic rings. The average molecular weight is 233 g/mol. The lowest BCUT2D eigenvalue weighted by Crippen LogP contribution is -2.50. The minimum Gasteiger partial charge on any atom is -0.388 e. The molecule has 1 heterocycles. The first-order chi connectivity index (χ1) is 7.82. The van der Waals surface area contributed by atoms with Gasteiger partial charge in [-0.25, -0.2) is 0 Å². The summed E-state index contributed by atoms with van der Waals surface area (Å²) in [5.41, 5.74) is 3.36. The van der Waals surface area contributed by atoms with E-state index in [1.165, 1.54) is 16.8 Å². The van der Waals surface area contributed by atoms with Gasteiger partial charge in [-0.2, -0.15) is 0 Å². The molecule has 2 rings (SSSR count). The van der Waals surface area contributed by atoms with E-state index in [1.807, 2.05) is 13.8 Å². The van der Waals surface area contributed by atoms with Crippen LogP contribution in [0.2, 0.25) is 0 Å². The Labute approximate surface area is 104 Å². The van der Waals surface area contributed by atoms with E-state index in [4.69, 9.17) is 0 Å². The number of anilines is 1. The Morgan fingerprint density at radius 2 is 2.00 bits per heavy atom. The normalized spacial score (nSPS) is 19.9. The van der Waals surface area contributed by atoms with Gasteiger partial charge in [-0.15, -0.1) is 0 Å². The Kier molecular flexibility index (Phi) is 2.94. The molecule has 1 N–H and O–H groups in total. The molecule has 1 aliphatic heterocycles. The fourth-order valence-electron chi connectivity index (χ4n) is 2.88. The van der Waals surface area contributed by atoms with Crippen molar-refractivity contribution in [3.63, 3.8) is 0 Å². The number of aliphatic hydroxyl groups is 1. The second kappa shape index (κ2) is 4.02. The fraction of sp³-hybridized carbons (Fsp3) is 0.600. The van der Waals surface area contributed by atoms with E-state index in [2.05, 4.69) is 43.9 Å². The summed E-state index contributed by atoms with van der Waals surface area (Å²) < 4.78 is 0. The van der Waals surface area contributed by atoms with Gasteiger partial charge in [-0.1, -0.05) is 12.1 Å². The van der Waals surface area contributed by atoms with Crippen LogP contribution in [0.5, 0.6) is 0 Å². The summed E-state index contributed by atoms with van der Waals surface area (Å²) in [6.45, 7) is 10.4. The highest BCUT2D eigenvalue weighted by molar-refractivity contribution is 5.63. The highest BCUT2D eigenvalue weighted by atomic mass is 16.3. The molecule has 1 aliphatic rings. The molecule has 0 fully saturated rings. The summed E-state index contributed by atoms with van der Waals surface area (Å²) >= 11 is 0. The Bertz CT molecular complexity index is 417. The molecule has 0 saturated heterocycles. The molecular formula is C15H23NO. The van der Waals surface area contributed by atoms with Crippen LogP contribution in [0.15, 0.2) is 18.2 Å². The van der Waals surface area contributed by atoms with Crippen LogP contribution >= 0.6 is 0 Å². The summed E-state index contributed by atoms with van der Waals surface area (Å²) in [6, 6.07) is 7.03. The van der Waals surface area contributed by atoms with E-state index in [0.717, 1.165) is 6.42 Å². The number of rotatable bonds is 2. The van der Waals surface area contributed by atoms with Crippen LogP contribution in [0.1, 0.15) is 38.8 Å². The predicted octanol–water partition coefficient (Wildman–Crippen LogP) is 2.91. The second-order valence-electron chi connectivity index (χ2n) is 5.95. The number of aryl methyl sites for hydroxylation is 1. The van der Waals surface area contributed by atoms with Crippen LogP contribution in [-0.2, 0) is 6.42 Å². The molecule has 1 unspecified atom stereocenters. The van der Waals surface area contributed by atoms with Crippen molar-refractivity contribution in [1.29, 1.82) is 0 Å². The third-order valence-electron chi connectivity index (χ3n) is 3.77. The van der Waals surface area contributed by atoms with Crippen molar-refractivity contribution >= 4 is 5.69 Å². The van der Waals surface area contributed by atoms with Gasteiger partial charge in [-0.3, -0.25) is 0 Å². The van der Waals surface area contributed by atoms with E-state index >= 15 is 0 Å². The third kappa shape index (κ3) is 2.06. The molecule has 17 heavy (non-hydrogen) atoms. The SMILES string of the molecule is Cc1cccc2c1CC(C(C)(C)O)N2C(C)C. The van der Waals surface area contributed by atoms with Crippen LogP contribution in [0.3, 0.4) is 0 Å². The average Bonchev–Trinajstić information content (AvgIpc) is 2.57. The predicted molar refractivity (Wildman–Crippen MR) is 72.6 cm³/mol. The van der Waals surface area contributed by atoms with Crippen molar-refractivity contribution < 1.29 is 5.11 Å². The number of fused-ring (bicyclic) bond motifs is 1. The first kappa shape index (κ1) is 12.4. The molecule has 1 aromatic carbocycles. The van der Waals surface area contributed by atoms with E-state index in [0.29, 0.717) is 6.04 Å². The molecular weight excluding hydrogens is 210 g/mol. The lowest BCUT2D eigenvalue weighted by molar-refractivity contribution is 0.0498. The molecule has 0 aliphatic carbocycles. The van der Waals surface area contributed by atoms with Gasteiger partial charge in [-0.05, 0) is 58.2 Å². The Balaban J connectivity index is 2.49. The van der Waals surface area contributed by atoms with Gasteiger partial charge < -0.3 is 10.0 Å². The molecule has 0 aromatic heterocycles. The lowest BCUT2D eigenvalue weighted by Gasteiger charge is -2.38. The zero-order valence-corrected chi connectivity index (χ0v) is 11.5. The molecule has 0 bridgehead atoms. The summed E-state index contributed by atoms with van der Waals surface area (Å²) in [5, 5.41) is 10.4. The number of hydrogen-bond acceptors (Lipinski definition) is 2. The minimum absolute atomic E-state index is 0.179. The van der Waals surface area contributed by atoms with E-state index < -0.39 is 5.60 Å². The smallest absolute Gasteiger partial charge is 0.0797 e. The highest BCUT2D eigenvalue weighted by Crippen LogP contribution is 2.39. The van der Waals surface area contributed by atoms with Crippen molar-refractivity contribution in [2.45, 2.75) is 58.7 Å². The van der Waals surface area contributed by atoms with Crippen LogP contribution in [0.4, 0.5) is 5.69 Å². The van der Waals surface area contributed by atoms with Crippen LogP contribution in [0, 0.1) is 6.92 Å². The van der Waals surface area contributed by atoms with Crippen molar-refractivity contribution in [2.75, 3.05) is 4.90 Å². The van der Waals surface area contributed by atoms with Crippen molar-refractivity contribution in [3.05, 3.63) is 29.3 Å². The first-order valence-electron chi connectivity index (χ1n) is 6.41. The lowest BCUT2D eigenvalue weighted by atomic mass is 9.93. The molecule has 0 amide bonds. The monoisotopic (exact) mass is 233 g/mol. The Hall–Kier alpha value is -1.02. The zero-order valence-electron chi connectivity index (χ0n) is 11.5. The van der Waals surface area contributed by atoms with E-state index in [-0.39, 0.29) is 6.04 Å². The van der Waals surface area contributed by atoms with Crippen LogP contribution in [-0.4, -0.2) is 22.8 Å². The minimum atomic E-state index is -0.671. The van der Waals surface area contributed by atoms with Gasteiger partial charge in [0.2, 0.25) is 0 Å². The molecule has 0 radical (unpaired) electrons. The maximum atomic E-state index is 10.4. The van der Waals surface area contributed by atoms with Gasteiger partial charge in [0.15, 0.2) is 0 Å². The summed E-state index contributed by atoms with van der Waals surface area (Å²) in [6.07, 6.45) is 0.948. The topological polar surface area (TPSA) is 23.5 Å². The van der Waals surface area contributed by atoms with Gasteiger partial charge >= 0.3 is 0 Å². The third-order valence-corrected chi connectivity index (χ3v) is 3.77. The molecule has 94 valence electrons. The van der Waals surface area contributed by atoms with Gasteiger partial charge in [0.25, 0.3) is 0 Å². The fourth-order valence-corrected chi connectivity index (χ4v) is 2.88. The van der Waals surface area contributed by atoms with Gasteiger partial charge in [0, 0.05) is 11.7 Å². The molecule has 2 nitrogen and oxygen atoms in total. The van der Waals surface area contributed by atoms with Crippen LogP contribution in [0.25, 0.3) is 0 Å². The maximum absolute atomic E-state index is 10.4. The largest absolute Gasteiger partial charge is 0.388 e. The Morgan fingerprint density at radius 1 is 1.35 bits per heavy atom. The molecule has 0 saturated carbocycles. The van der Waals surface area contributed by atoms with Gasteiger partial charge in [0.1, 0.15) is 0 Å². The van der Waals surface area contributed by atoms with Crippen molar-refractivity contribution in [3.8, 4) is 0 Å². The quantitative estimate of drug-likeness (QED) is 0.849. The van der Waals surface area contributed by atoms with E-state index in [9.17, 15) is 5.11 Å². The standard InChI is InChI=1S/C15H23NO/c1-10(2)16-13-8-6-7-11(3)12(13)9-14(16)15(4,5)17/h6-8,10,14,17H,9H2,1-5H3. The molecule has 2 heteroatoms. The second-order valence-corrected chi connectivity index (χ2v) is 5.95. The summed E-state index contributed by atoms with van der Waals surface area (Å²) in [7, 11) is 0. The van der Waals surface area contributed by atoms with Crippen molar-refractivity contribution in [1.82, 2.24) is 0 Å².